The lowest BCUT2D eigenvalue weighted by molar-refractivity contribution is -0.142. The summed E-state index contributed by atoms with van der Waals surface area (Å²) in [5.74, 6) is -6.86. The molecule has 0 aromatic rings. The number of nitrogens with two attached hydrogens (primary N) is 9. The summed E-state index contributed by atoms with van der Waals surface area (Å²) in [6, 6.07) is -7.91. The third kappa shape index (κ3) is 23.0. The molecule has 0 aliphatic heterocycles. The first-order valence-corrected chi connectivity index (χ1v) is 18.5. The molecule has 0 radical (unpaired) electrons. The quantitative estimate of drug-likeness (QED) is 0.0189. The Morgan fingerprint density at radius 3 is 1.19 bits per heavy atom. The molecule has 330 valence electrons. The van der Waals surface area contributed by atoms with Crippen molar-refractivity contribution in [3.63, 3.8) is 0 Å². The summed E-state index contributed by atoms with van der Waals surface area (Å²) in [5, 5.41) is 32.2. The third-order valence-electron chi connectivity index (χ3n) is 8.08. The fraction of sp³-hybridized carbons (Fsp3) is 0.688. The van der Waals surface area contributed by atoms with E-state index in [0.717, 1.165) is 0 Å². The number of carboxylic acid groups (broad SMARTS) is 1. The first-order chi connectivity index (χ1) is 27.2. The third-order valence-corrected chi connectivity index (χ3v) is 8.08. The van der Waals surface area contributed by atoms with E-state index in [4.69, 9.17) is 51.6 Å². The predicted molar refractivity (Wildman–Crippen MR) is 217 cm³/mol. The van der Waals surface area contributed by atoms with Gasteiger partial charge in [-0.2, -0.15) is 0 Å². The molecule has 0 bridgehead atoms. The van der Waals surface area contributed by atoms with E-state index in [1.165, 1.54) is 0 Å². The Morgan fingerprint density at radius 1 is 0.483 bits per heavy atom. The molecule has 26 nitrogen and oxygen atoms in total. The van der Waals surface area contributed by atoms with E-state index >= 15 is 0 Å². The van der Waals surface area contributed by atoms with Crippen LogP contribution in [0.4, 0.5) is 0 Å². The molecule has 0 aliphatic rings. The number of aliphatic carboxylic acids is 1. The second kappa shape index (κ2) is 28.3. The van der Waals surface area contributed by atoms with Crippen molar-refractivity contribution in [2.24, 2.45) is 77.5 Å². The summed E-state index contributed by atoms with van der Waals surface area (Å²) in [5.41, 5.74) is 48.8. The van der Waals surface area contributed by atoms with E-state index in [-0.39, 0.29) is 95.0 Å². The number of nitrogens with zero attached hydrogens (tertiary/aromatic N) is 4. The van der Waals surface area contributed by atoms with Crippen molar-refractivity contribution in [2.45, 2.75) is 101 Å². The Morgan fingerprint density at radius 2 is 0.810 bits per heavy atom. The molecule has 0 rings (SSSR count). The maximum atomic E-state index is 13.6. The van der Waals surface area contributed by atoms with Gasteiger partial charge in [-0.3, -0.25) is 43.9 Å². The topological polar surface area (TPSA) is 487 Å². The molecule has 0 fully saturated rings. The van der Waals surface area contributed by atoms with Gasteiger partial charge in [0.1, 0.15) is 30.2 Å². The van der Waals surface area contributed by atoms with Gasteiger partial charge in [0.25, 0.3) is 0 Å². The smallest absolute Gasteiger partial charge is 0.326 e. The van der Waals surface area contributed by atoms with Crippen molar-refractivity contribution >= 4 is 59.3 Å². The first kappa shape index (κ1) is 51.8. The number of rotatable bonds is 29. The number of amides is 5. The van der Waals surface area contributed by atoms with Crippen LogP contribution in [0.5, 0.6) is 0 Å². The van der Waals surface area contributed by atoms with Crippen LogP contribution in [-0.2, 0) is 28.8 Å². The fourth-order valence-corrected chi connectivity index (χ4v) is 5.02. The second-order valence-electron chi connectivity index (χ2n) is 13.4. The Balaban J connectivity index is 6.04. The number of carbonyl (C=O) groups excluding carboxylic acids is 5. The van der Waals surface area contributed by atoms with Gasteiger partial charge in [0.05, 0.1) is 12.6 Å². The molecule has 0 saturated carbocycles. The molecule has 0 unspecified atom stereocenters. The van der Waals surface area contributed by atoms with Crippen LogP contribution in [0.15, 0.2) is 20.0 Å². The first-order valence-electron chi connectivity index (χ1n) is 18.5. The lowest BCUT2D eigenvalue weighted by atomic mass is 10.0. The van der Waals surface area contributed by atoms with Crippen molar-refractivity contribution in [1.29, 1.82) is 0 Å². The van der Waals surface area contributed by atoms with Crippen LogP contribution in [0.25, 0.3) is 0 Å². The Kier molecular flexibility index (Phi) is 25.2. The zero-order valence-electron chi connectivity index (χ0n) is 33.1. The SMILES string of the molecule is CC(C)[C@H](NC(=O)[C@H](CCCN=C(N)N)NC(=O)[C@@H](N)CCCN=C(N)N)C(=O)N[C@@H](CO)C(=O)N[C@@H](CCCN=C(N)N)C(=O)N[C@@H](CCCN=C(N)N)C(=O)O. The summed E-state index contributed by atoms with van der Waals surface area (Å²) < 4.78 is 0. The van der Waals surface area contributed by atoms with Gasteiger partial charge in [0.2, 0.25) is 29.5 Å². The molecule has 6 atom stereocenters. The molecule has 0 aromatic carbocycles. The monoisotopic (exact) mass is 829 g/mol. The summed E-state index contributed by atoms with van der Waals surface area (Å²) in [6.07, 6.45) is 1.05. The molecule has 25 N–H and O–H groups in total. The minimum atomic E-state index is -1.64. The molecule has 26 heteroatoms. The van der Waals surface area contributed by atoms with Gasteiger partial charge in [-0.05, 0) is 57.3 Å². The summed E-state index contributed by atoms with van der Waals surface area (Å²) in [7, 11) is 0. The van der Waals surface area contributed by atoms with E-state index in [2.05, 4.69) is 46.6 Å². The average molecular weight is 829 g/mol. The van der Waals surface area contributed by atoms with Crippen molar-refractivity contribution in [3.05, 3.63) is 0 Å². The number of aliphatic hydroxyl groups is 1. The summed E-state index contributed by atoms with van der Waals surface area (Å²) >= 11 is 0. The van der Waals surface area contributed by atoms with Gasteiger partial charge in [-0.15, -0.1) is 0 Å². The minimum absolute atomic E-state index is 0.0365. The Labute approximate surface area is 336 Å². The fourth-order valence-electron chi connectivity index (χ4n) is 5.02. The highest BCUT2D eigenvalue weighted by Crippen LogP contribution is 2.08. The number of aliphatic hydroxyl groups excluding tert-OH is 1. The van der Waals surface area contributed by atoms with Crippen LogP contribution in [-0.4, -0.2) is 139 Å². The molecule has 0 saturated heterocycles. The Hall–Kier alpha value is -6.18. The predicted octanol–water partition coefficient (Wildman–Crippen LogP) is -7.32. The number of nitrogens with one attached hydrogen (secondary N) is 5. The van der Waals surface area contributed by atoms with Crippen molar-refractivity contribution in [1.82, 2.24) is 26.6 Å². The van der Waals surface area contributed by atoms with Crippen LogP contribution in [0.2, 0.25) is 0 Å². The molecule has 0 spiro atoms. The average Bonchev–Trinajstić information content (AvgIpc) is 3.13. The zero-order chi connectivity index (χ0) is 44.4. The number of carbonyl (C=O) groups is 6. The number of guanidine groups is 4. The molecule has 58 heavy (non-hydrogen) atoms. The minimum Gasteiger partial charge on any atom is -0.480 e. The maximum absolute atomic E-state index is 13.6. The normalized spacial score (nSPS) is 13.8. The molecule has 0 aliphatic carbocycles. The van der Waals surface area contributed by atoms with Crippen LogP contribution < -0.4 is 78.2 Å². The molecular formula is C32H64N18O8. The highest BCUT2D eigenvalue weighted by atomic mass is 16.4. The lowest BCUT2D eigenvalue weighted by Crippen LogP contribution is -2.61. The highest BCUT2D eigenvalue weighted by Gasteiger charge is 2.33. The lowest BCUT2D eigenvalue weighted by Gasteiger charge is -2.28. The van der Waals surface area contributed by atoms with Crippen LogP contribution in [0.1, 0.15) is 65.2 Å². The second-order valence-corrected chi connectivity index (χ2v) is 13.4. The number of hydrogen-bond donors (Lipinski definition) is 16. The standard InChI is InChI=1S/C32H64N18O8/c1-16(2)22(50-25(54)19(9-5-13-44-31(38)39)46-23(52)17(33)7-3-11-42-29(34)35)27(56)49-21(15-51)26(55)47-18(8-4-12-43-30(36)37)24(53)48-20(28(57)58)10-6-14-45-32(40)41/h16-22,51H,3-15,33H2,1-2H3,(H,46,52)(H,47,55)(H,48,53)(H,49,56)(H,50,54)(H,57,58)(H4,34,35,42)(H4,36,37,43)(H4,38,39,44)(H4,40,41,45)/t17-,18-,19-,20-,21-,22-/m0/s1. The van der Waals surface area contributed by atoms with E-state index in [1.54, 1.807) is 13.8 Å². The van der Waals surface area contributed by atoms with E-state index in [0.29, 0.717) is 6.42 Å². The van der Waals surface area contributed by atoms with Crippen molar-refractivity contribution in [2.75, 3.05) is 32.8 Å². The van der Waals surface area contributed by atoms with Gasteiger partial charge in [-0.25, -0.2) is 4.79 Å². The number of aliphatic imine (C=N–C) groups is 4. The zero-order valence-corrected chi connectivity index (χ0v) is 33.1. The maximum Gasteiger partial charge on any atom is 0.326 e. The van der Waals surface area contributed by atoms with Crippen molar-refractivity contribution in [3.8, 4) is 0 Å². The van der Waals surface area contributed by atoms with Crippen LogP contribution in [0.3, 0.4) is 0 Å². The van der Waals surface area contributed by atoms with E-state index in [9.17, 15) is 39.0 Å². The highest BCUT2D eigenvalue weighted by molar-refractivity contribution is 5.96. The summed E-state index contributed by atoms with van der Waals surface area (Å²) in [4.78, 5) is 94.0. The molecular weight excluding hydrogens is 764 g/mol. The Bertz CT molecular complexity index is 1460. The van der Waals surface area contributed by atoms with Gasteiger partial charge < -0.3 is 88.4 Å². The molecule has 0 aromatic heterocycles. The number of carboxylic acids is 1. The van der Waals surface area contributed by atoms with Gasteiger partial charge in [-0.1, -0.05) is 13.8 Å². The largest absolute Gasteiger partial charge is 0.480 e. The van der Waals surface area contributed by atoms with Gasteiger partial charge in [0.15, 0.2) is 23.8 Å². The van der Waals surface area contributed by atoms with E-state index < -0.39 is 84.3 Å². The van der Waals surface area contributed by atoms with Crippen LogP contribution in [0, 0.1) is 5.92 Å². The molecule has 0 heterocycles. The number of hydrogen-bond acceptors (Lipinski definition) is 12. The van der Waals surface area contributed by atoms with Crippen LogP contribution >= 0.6 is 0 Å². The van der Waals surface area contributed by atoms with Crippen molar-refractivity contribution < 1.29 is 39.0 Å². The van der Waals surface area contributed by atoms with Gasteiger partial charge in [0, 0.05) is 26.2 Å². The van der Waals surface area contributed by atoms with Gasteiger partial charge >= 0.3 is 5.97 Å². The molecule has 5 amide bonds. The van der Waals surface area contributed by atoms with E-state index in [1.807, 2.05) is 0 Å². The summed E-state index contributed by atoms with van der Waals surface area (Å²) in [6.45, 7) is 2.77.